The Hall–Kier alpha value is -3.62. The van der Waals surface area contributed by atoms with Crippen LogP contribution in [0, 0.1) is 0 Å². The van der Waals surface area contributed by atoms with E-state index < -0.39 is 0 Å². The monoisotopic (exact) mass is 400 g/mol. The molecule has 0 amide bonds. The Balaban J connectivity index is 0.000000200. The molecule has 0 aromatic heterocycles. The van der Waals surface area contributed by atoms with Crippen LogP contribution < -0.4 is 0 Å². The van der Waals surface area contributed by atoms with Crippen LogP contribution in [0.15, 0.2) is 86.0 Å². The maximum atomic E-state index is 6.10. The molecular weight excluding hydrogens is 380 g/mol. The summed E-state index contributed by atoms with van der Waals surface area (Å²) >= 11 is 0. The van der Waals surface area contributed by atoms with Gasteiger partial charge in [0.05, 0.1) is 0 Å². The third kappa shape index (κ3) is 3.02. The van der Waals surface area contributed by atoms with Gasteiger partial charge >= 0.3 is 9.76 Å². The van der Waals surface area contributed by atoms with Gasteiger partial charge in [0.1, 0.15) is 5.76 Å². The standard InChI is InChI=1S/C20H14OSi.C8H6/c1-3-13-9-7-11-17-19(13)15(4-2)20(17)21-22-18-12-14-8-5-6-10-16(14)18;1-2-4-8-6-5-7(8)3-1/h3-12H,1-2H2;1-6H. The van der Waals surface area contributed by atoms with Crippen molar-refractivity contribution in [2.24, 2.45) is 0 Å². The molecule has 6 rings (SSSR count). The van der Waals surface area contributed by atoms with E-state index in [0.29, 0.717) is 9.76 Å². The van der Waals surface area contributed by atoms with E-state index >= 15 is 0 Å². The van der Waals surface area contributed by atoms with Gasteiger partial charge in [-0.3, -0.25) is 0 Å². The molecule has 2 radical (unpaired) electrons. The summed E-state index contributed by atoms with van der Waals surface area (Å²) in [6, 6.07) is 23.0. The summed E-state index contributed by atoms with van der Waals surface area (Å²) in [6.07, 6.45) is 10.2. The first-order valence-corrected chi connectivity index (χ1v) is 10.8. The molecule has 30 heavy (non-hydrogen) atoms. The number of benzene rings is 3. The first-order valence-electron chi connectivity index (χ1n) is 9.94. The fraction of sp³-hybridized carbons (Fsp3) is 0. The number of hydrogen-bond donors (Lipinski definition) is 0. The number of fused-ring (bicyclic) bond motifs is 3. The van der Waals surface area contributed by atoms with Crippen molar-refractivity contribution in [3.8, 4) is 0 Å². The zero-order valence-electron chi connectivity index (χ0n) is 16.6. The highest BCUT2D eigenvalue weighted by atomic mass is 28.2. The highest BCUT2D eigenvalue weighted by Gasteiger charge is 2.28. The maximum absolute atomic E-state index is 6.10. The zero-order chi connectivity index (χ0) is 20.5. The number of hydrogen-bond acceptors (Lipinski definition) is 1. The summed E-state index contributed by atoms with van der Waals surface area (Å²) in [6.45, 7) is 7.80. The fourth-order valence-electron chi connectivity index (χ4n) is 3.84. The number of allylic oxidation sites excluding steroid dienone is 2. The number of rotatable bonds is 5. The topological polar surface area (TPSA) is 9.23 Å². The van der Waals surface area contributed by atoms with Crippen LogP contribution in [0.5, 0.6) is 0 Å². The van der Waals surface area contributed by atoms with E-state index in [1.807, 2.05) is 18.2 Å². The van der Waals surface area contributed by atoms with Crippen molar-refractivity contribution in [1.82, 2.24) is 0 Å². The smallest absolute Gasteiger partial charge is 0.351 e. The molecule has 1 nitrogen and oxygen atoms in total. The van der Waals surface area contributed by atoms with Gasteiger partial charge in [0.15, 0.2) is 0 Å². The molecule has 0 fully saturated rings. The molecule has 2 heteroatoms. The Bertz CT molecular complexity index is 1250. The van der Waals surface area contributed by atoms with E-state index in [4.69, 9.17) is 4.43 Å². The second-order valence-corrected chi connectivity index (χ2v) is 8.18. The molecule has 0 unspecified atom stereocenters. The predicted molar refractivity (Wildman–Crippen MR) is 130 cm³/mol. The van der Waals surface area contributed by atoms with Crippen LogP contribution >= 0.6 is 0 Å². The molecule has 3 aromatic carbocycles. The van der Waals surface area contributed by atoms with Gasteiger partial charge < -0.3 is 4.43 Å². The molecule has 0 saturated heterocycles. The van der Waals surface area contributed by atoms with Gasteiger partial charge in [-0.2, -0.15) is 0 Å². The third-order valence-electron chi connectivity index (χ3n) is 5.53. The van der Waals surface area contributed by atoms with E-state index in [9.17, 15) is 0 Å². The average Bonchev–Trinajstić information content (AvgIpc) is 2.73. The van der Waals surface area contributed by atoms with Crippen LogP contribution in [0.2, 0.25) is 0 Å². The van der Waals surface area contributed by atoms with Gasteiger partial charge in [-0.05, 0) is 33.0 Å². The predicted octanol–water partition coefficient (Wildman–Crippen LogP) is 7.02. The Morgan fingerprint density at radius 2 is 1.37 bits per heavy atom. The van der Waals surface area contributed by atoms with Crippen LogP contribution in [0.1, 0.15) is 38.9 Å². The minimum absolute atomic E-state index is 0.326. The Morgan fingerprint density at radius 3 is 1.97 bits per heavy atom. The van der Waals surface area contributed by atoms with Gasteiger partial charge in [0.2, 0.25) is 0 Å². The van der Waals surface area contributed by atoms with Gasteiger partial charge in [0, 0.05) is 16.7 Å². The highest BCUT2D eigenvalue weighted by Crippen LogP contribution is 2.44. The molecule has 0 heterocycles. The molecule has 0 bridgehead atoms. The van der Waals surface area contributed by atoms with Crippen molar-refractivity contribution in [1.29, 1.82) is 0 Å². The second kappa shape index (κ2) is 7.66. The van der Waals surface area contributed by atoms with E-state index in [0.717, 1.165) is 22.5 Å². The van der Waals surface area contributed by atoms with Crippen LogP contribution in [-0.2, 0) is 4.43 Å². The first-order chi connectivity index (χ1) is 14.8. The molecule has 0 spiro atoms. The summed E-state index contributed by atoms with van der Waals surface area (Å²) in [5, 5.41) is 1.28. The van der Waals surface area contributed by atoms with Crippen LogP contribution in [-0.4, -0.2) is 9.76 Å². The van der Waals surface area contributed by atoms with E-state index in [1.54, 1.807) is 0 Å². The first kappa shape index (κ1) is 18.4. The van der Waals surface area contributed by atoms with Crippen LogP contribution in [0.4, 0.5) is 0 Å². The minimum atomic E-state index is 0.326. The highest BCUT2D eigenvalue weighted by molar-refractivity contribution is 6.60. The van der Waals surface area contributed by atoms with Crippen LogP contribution in [0.3, 0.4) is 0 Å². The summed E-state index contributed by atoms with van der Waals surface area (Å²) < 4.78 is 6.10. The Kier molecular flexibility index (Phi) is 4.70. The normalized spacial score (nSPS) is 13.7. The van der Waals surface area contributed by atoms with Crippen molar-refractivity contribution >= 4 is 50.6 Å². The lowest BCUT2D eigenvalue weighted by Gasteiger charge is -2.29. The molecule has 3 aliphatic carbocycles. The van der Waals surface area contributed by atoms with E-state index in [2.05, 4.69) is 92.0 Å². The third-order valence-corrected chi connectivity index (χ3v) is 6.47. The van der Waals surface area contributed by atoms with Gasteiger partial charge in [-0.1, -0.05) is 110 Å². The Labute approximate surface area is 180 Å². The quantitative estimate of drug-likeness (QED) is 0.327. The molecular formula is C28H20OSi. The lowest BCUT2D eigenvalue weighted by atomic mass is 9.83. The molecule has 0 N–H and O–H groups in total. The zero-order valence-corrected chi connectivity index (χ0v) is 17.6. The second-order valence-electron chi connectivity index (χ2n) is 7.23. The van der Waals surface area contributed by atoms with E-state index in [-0.39, 0.29) is 0 Å². The molecule has 3 aromatic rings. The lowest BCUT2D eigenvalue weighted by molar-refractivity contribution is 0.558. The SMILES string of the molecule is C1=Cc2ccccc21.C=CC1=C(O[Si]C2=Cc3ccccc32)c2cccc(C=C)c21. The van der Waals surface area contributed by atoms with Gasteiger partial charge in [-0.25, -0.2) is 0 Å². The molecule has 142 valence electrons. The van der Waals surface area contributed by atoms with Crippen molar-refractivity contribution in [2.45, 2.75) is 0 Å². The molecule has 0 aliphatic heterocycles. The van der Waals surface area contributed by atoms with Crippen molar-refractivity contribution in [3.63, 3.8) is 0 Å². The average molecular weight is 401 g/mol. The van der Waals surface area contributed by atoms with Gasteiger partial charge in [0.25, 0.3) is 0 Å². The molecule has 0 atom stereocenters. The summed E-state index contributed by atoms with van der Waals surface area (Å²) in [4.78, 5) is 0. The molecule has 0 saturated carbocycles. The minimum Gasteiger partial charge on any atom is -0.535 e. The van der Waals surface area contributed by atoms with Gasteiger partial charge in [-0.15, -0.1) is 0 Å². The molecule has 3 aliphatic rings. The van der Waals surface area contributed by atoms with Crippen LogP contribution in [0.25, 0.3) is 40.8 Å². The summed E-state index contributed by atoms with van der Waals surface area (Å²) in [5.74, 6) is 0.956. The summed E-state index contributed by atoms with van der Waals surface area (Å²) in [5.41, 5.74) is 9.93. The lowest BCUT2D eigenvalue weighted by Crippen LogP contribution is -2.15. The van der Waals surface area contributed by atoms with Crippen molar-refractivity contribution in [2.75, 3.05) is 0 Å². The summed E-state index contributed by atoms with van der Waals surface area (Å²) in [7, 11) is 0.326. The van der Waals surface area contributed by atoms with Crippen molar-refractivity contribution in [3.05, 3.63) is 125 Å². The van der Waals surface area contributed by atoms with Crippen molar-refractivity contribution < 1.29 is 4.43 Å². The fourth-order valence-corrected chi connectivity index (χ4v) is 4.83. The maximum Gasteiger partial charge on any atom is 0.351 e. The van der Waals surface area contributed by atoms with E-state index in [1.165, 1.54) is 33.0 Å². The largest absolute Gasteiger partial charge is 0.535 e. The Morgan fingerprint density at radius 1 is 0.700 bits per heavy atom.